The van der Waals surface area contributed by atoms with Crippen LogP contribution in [0.15, 0.2) is 12.3 Å². The highest BCUT2D eigenvalue weighted by molar-refractivity contribution is 6.39. The Hall–Kier alpha value is -2.81. The second-order valence-corrected chi connectivity index (χ2v) is 10.1. The third kappa shape index (κ3) is 2.75. The fourth-order valence-corrected chi connectivity index (χ4v) is 6.85. The zero-order valence-electron chi connectivity index (χ0n) is 17.8. The number of rotatable bonds is 2. The molecular weight excluding hydrogens is 396 g/mol. The van der Waals surface area contributed by atoms with E-state index >= 15 is 0 Å². The van der Waals surface area contributed by atoms with Gasteiger partial charge in [0, 0.05) is 38.0 Å². The van der Waals surface area contributed by atoms with Gasteiger partial charge in [-0.3, -0.25) is 14.3 Å². The maximum Gasteiger partial charge on any atom is 0.315 e. The van der Waals surface area contributed by atoms with Crippen molar-refractivity contribution in [2.75, 3.05) is 24.7 Å². The summed E-state index contributed by atoms with van der Waals surface area (Å²) < 4.78 is 2.11. The van der Waals surface area contributed by atoms with E-state index < -0.39 is 17.4 Å². The van der Waals surface area contributed by atoms with Crippen molar-refractivity contribution < 1.29 is 14.7 Å². The molecular formula is C22H28N6O3. The molecule has 164 valence electrons. The number of aromatic amines is 1. The largest absolute Gasteiger partial charge is 0.390 e. The molecule has 0 aromatic carbocycles. The normalized spacial score (nSPS) is 32.2. The molecule has 5 atom stereocenters. The minimum Gasteiger partial charge on any atom is -0.390 e. The number of carbonyl (C=O) groups is 2. The van der Waals surface area contributed by atoms with Crippen molar-refractivity contribution >= 4 is 23.5 Å². The van der Waals surface area contributed by atoms with Gasteiger partial charge in [0.15, 0.2) is 5.82 Å². The van der Waals surface area contributed by atoms with Gasteiger partial charge >= 0.3 is 11.8 Å². The van der Waals surface area contributed by atoms with Gasteiger partial charge in [-0.15, -0.1) is 0 Å². The zero-order chi connectivity index (χ0) is 21.5. The lowest BCUT2D eigenvalue weighted by molar-refractivity contribution is -0.148. The van der Waals surface area contributed by atoms with E-state index in [4.69, 9.17) is 5.10 Å². The lowest BCUT2D eigenvalue weighted by Crippen LogP contribution is -2.55. The van der Waals surface area contributed by atoms with Crippen LogP contribution in [0.2, 0.25) is 0 Å². The maximum absolute atomic E-state index is 12.5. The van der Waals surface area contributed by atoms with Gasteiger partial charge in [-0.1, -0.05) is 0 Å². The van der Waals surface area contributed by atoms with Crippen LogP contribution in [-0.2, 0) is 16.1 Å². The molecule has 5 aliphatic rings. The van der Waals surface area contributed by atoms with E-state index in [2.05, 4.69) is 20.3 Å². The third-order valence-electron chi connectivity index (χ3n) is 7.76. The van der Waals surface area contributed by atoms with Gasteiger partial charge in [-0.2, -0.15) is 5.10 Å². The van der Waals surface area contributed by atoms with Crippen molar-refractivity contribution in [1.29, 1.82) is 0 Å². The molecule has 2 aromatic heterocycles. The monoisotopic (exact) mass is 424 g/mol. The van der Waals surface area contributed by atoms with Gasteiger partial charge in [0.25, 0.3) is 0 Å². The number of hydrogen-bond donors (Lipinski definition) is 4. The van der Waals surface area contributed by atoms with Crippen LogP contribution in [0.4, 0.5) is 11.6 Å². The summed E-state index contributed by atoms with van der Waals surface area (Å²) in [5, 5.41) is 22.0. The molecule has 2 amide bonds. The van der Waals surface area contributed by atoms with Crippen molar-refractivity contribution in [3.8, 4) is 11.3 Å². The molecule has 3 heterocycles. The minimum atomic E-state index is -0.684. The van der Waals surface area contributed by atoms with Crippen LogP contribution < -0.4 is 10.6 Å². The average molecular weight is 425 g/mol. The van der Waals surface area contributed by atoms with Crippen LogP contribution >= 0.6 is 0 Å². The zero-order valence-corrected chi connectivity index (χ0v) is 17.8. The number of aliphatic hydroxyl groups is 1. The fraction of sp³-hybridized carbons (Fsp3) is 0.591. The number of hydrogen-bond acceptors (Lipinski definition) is 5. The van der Waals surface area contributed by atoms with Crippen molar-refractivity contribution in [1.82, 2.24) is 19.7 Å². The molecule has 0 radical (unpaired) electrons. The number of fused-ring (bicyclic) bond motifs is 3. The number of aromatic nitrogens is 3. The van der Waals surface area contributed by atoms with Gasteiger partial charge in [0.2, 0.25) is 0 Å². The van der Waals surface area contributed by atoms with Gasteiger partial charge in [0.1, 0.15) is 5.82 Å². The number of nitrogens with zero attached hydrogens (tertiary/aromatic N) is 3. The van der Waals surface area contributed by atoms with Crippen LogP contribution in [0.1, 0.15) is 43.7 Å². The molecule has 1 aliphatic heterocycles. The van der Waals surface area contributed by atoms with E-state index in [1.54, 1.807) is 14.1 Å². The molecule has 9 heteroatoms. The van der Waals surface area contributed by atoms with Gasteiger partial charge in [-0.25, -0.2) is 0 Å². The quantitative estimate of drug-likeness (QED) is 0.550. The number of anilines is 2. The molecule has 9 nitrogen and oxygen atoms in total. The Kier molecular flexibility index (Phi) is 3.88. The topological polar surface area (TPSA) is 115 Å². The molecule has 4 saturated carbocycles. The second kappa shape index (κ2) is 6.35. The van der Waals surface area contributed by atoms with Crippen LogP contribution in [0, 0.1) is 17.8 Å². The molecule has 3 unspecified atom stereocenters. The standard InChI is InChI=1S/C22H28N6O3/c1-27(2)21(30)20(29)25-19-15-10-24-18-14(3-4-23-18)17(15)28(26-19)16-12-5-11-6-13(16)9-22(31,7-11)8-12/h3-4,11-13,16,23-24,31H,5-10H2,1-2H3,(H,25,26,29)/t11?,12-,13+,16?,22?. The Labute approximate surface area is 180 Å². The highest BCUT2D eigenvalue weighted by atomic mass is 16.3. The van der Waals surface area contributed by atoms with Gasteiger partial charge in [-0.05, 0) is 55.9 Å². The number of likely N-dealkylation sites (N-methyl/N-ethyl adjacent to an activating group) is 1. The first kappa shape index (κ1) is 18.9. The van der Waals surface area contributed by atoms with Crippen molar-refractivity contribution in [3.05, 3.63) is 17.8 Å². The summed E-state index contributed by atoms with van der Waals surface area (Å²) in [7, 11) is 3.12. The van der Waals surface area contributed by atoms with Gasteiger partial charge in [0.05, 0.1) is 17.3 Å². The van der Waals surface area contributed by atoms with Crippen LogP contribution in [0.3, 0.4) is 0 Å². The maximum atomic E-state index is 12.5. The Morgan fingerprint density at radius 1 is 1.26 bits per heavy atom. The first-order chi connectivity index (χ1) is 14.8. The lowest BCUT2D eigenvalue weighted by atomic mass is 9.52. The minimum absolute atomic E-state index is 0.196. The summed E-state index contributed by atoms with van der Waals surface area (Å²) >= 11 is 0. The molecule has 4 fully saturated rings. The van der Waals surface area contributed by atoms with Crippen LogP contribution in [-0.4, -0.2) is 56.3 Å². The Balaban J connectivity index is 1.44. The van der Waals surface area contributed by atoms with Crippen molar-refractivity contribution in [3.63, 3.8) is 0 Å². The smallest absolute Gasteiger partial charge is 0.315 e. The Bertz CT molecular complexity index is 1070. The Morgan fingerprint density at radius 2 is 2.00 bits per heavy atom. The summed E-state index contributed by atoms with van der Waals surface area (Å²) in [6.45, 7) is 0.517. The Morgan fingerprint density at radius 3 is 2.68 bits per heavy atom. The predicted molar refractivity (Wildman–Crippen MR) is 114 cm³/mol. The lowest BCUT2D eigenvalue weighted by Gasteiger charge is -2.58. The molecule has 4 bridgehead atoms. The number of carbonyl (C=O) groups excluding carboxylic acids is 2. The number of nitrogens with one attached hydrogen (secondary N) is 3. The summed E-state index contributed by atoms with van der Waals surface area (Å²) in [6.07, 6.45) is 6.71. The average Bonchev–Trinajstić information content (AvgIpc) is 3.30. The van der Waals surface area contributed by atoms with E-state index in [0.29, 0.717) is 30.1 Å². The molecule has 7 rings (SSSR count). The predicted octanol–water partition coefficient (Wildman–Crippen LogP) is 1.94. The van der Waals surface area contributed by atoms with E-state index in [9.17, 15) is 14.7 Å². The van der Waals surface area contributed by atoms with E-state index in [1.165, 1.54) is 4.90 Å². The molecule has 0 saturated heterocycles. The summed E-state index contributed by atoms with van der Waals surface area (Å²) in [4.78, 5) is 29.1. The first-order valence-electron chi connectivity index (χ1n) is 11.1. The van der Waals surface area contributed by atoms with Crippen molar-refractivity contribution in [2.45, 2.75) is 50.3 Å². The number of amides is 2. The molecule has 4 N–H and O–H groups in total. The van der Waals surface area contributed by atoms with E-state index in [1.807, 2.05) is 12.3 Å². The fourth-order valence-electron chi connectivity index (χ4n) is 6.85. The molecule has 4 aliphatic carbocycles. The van der Waals surface area contributed by atoms with E-state index in [-0.39, 0.29) is 6.04 Å². The summed E-state index contributed by atoms with van der Waals surface area (Å²) in [5.74, 6) is 1.46. The molecule has 0 spiro atoms. The molecule has 2 aromatic rings. The van der Waals surface area contributed by atoms with Crippen LogP contribution in [0.5, 0.6) is 0 Å². The van der Waals surface area contributed by atoms with Gasteiger partial charge < -0.3 is 25.6 Å². The van der Waals surface area contributed by atoms with Crippen LogP contribution in [0.25, 0.3) is 11.3 Å². The highest BCUT2D eigenvalue weighted by Crippen LogP contribution is 2.60. The van der Waals surface area contributed by atoms with Crippen molar-refractivity contribution in [2.24, 2.45) is 17.8 Å². The second-order valence-electron chi connectivity index (χ2n) is 10.1. The SMILES string of the molecule is CN(C)C(=O)C(=O)Nc1nn(C2[C@@H]3CC4C[C@H]2CC(O)(C4)C3)c2c1CNc1[nH]ccc1-2. The van der Waals surface area contributed by atoms with E-state index in [0.717, 1.165) is 54.7 Å². The molecule has 31 heavy (non-hydrogen) atoms. The number of H-pyrrole nitrogens is 1. The highest BCUT2D eigenvalue weighted by Gasteiger charge is 2.56. The summed E-state index contributed by atoms with van der Waals surface area (Å²) in [5.41, 5.74) is 2.42. The third-order valence-corrected chi connectivity index (χ3v) is 7.76. The summed E-state index contributed by atoms with van der Waals surface area (Å²) in [6, 6.07) is 2.22. The first-order valence-corrected chi connectivity index (χ1v) is 11.1.